The zero-order valence-corrected chi connectivity index (χ0v) is 17.8. The van der Waals surface area contributed by atoms with Gasteiger partial charge in [-0.1, -0.05) is 0 Å². The Bertz CT molecular complexity index is 550. The number of ether oxygens (including phenoxy) is 2. The molecular weight excluding hydrogens is 360 g/mol. The van der Waals surface area contributed by atoms with Crippen LogP contribution in [0.3, 0.4) is 0 Å². The van der Waals surface area contributed by atoms with Gasteiger partial charge in [0.25, 0.3) is 0 Å². The Kier molecular flexibility index (Phi) is 7.17. The summed E-state index contributed by atoms with van der Waals surface area (Å²) in [6.07, 6.45) is 2.39. The van der Waals surface area contributed by atoms with E-state index in [1.165, 1.54) is 20.0 Å². The summed E-state index contributed by atoms with van der Waals surface area (Å²) in [6, 6.07) is 0.977. The topological polar surface area (TPSA) is 65.6 Å². The van der Waals surface area contributed by atoms with Crippen LogP contribution in [0.4, 0.5) is 4.79 Å². The molecule has 3 heterocycles. The van der Waals surface area contributed by atoms with Crippen LogP contribution in [0.15, 0.2) is 0 Å². The maximum atomic E-state index is 11.8. The second-order valence-corrected chi connectivity index (χ2v) is 8.61. The molecule has 8 heteroatoms. The molecule has 3 saturated heterocycles. The molecular formula is C20H36N4O4. The molecule has 0 aromatic carbocycles. The number of piperazine rings is 1. The van der Waals surface area contributed by atoms with Crippen LogP contribution in [0, 0.1) is 5.92 Å². The molecule has 0 spiro atoms. The molecule has 0 aliphatic carbocycles. The first-order chi connectivity index (χ1) is 13.4. The fraction of sp³-hybridized carbons (Fsp3) is 0.900. The number of hydrogen-bond acceptors (Lipinski definition) is 7. The van der Waals surface area contributed by atoms with E-state index in [-0.39, 0.29) is 18.3 Å². The minimum absolute atomic E-state index is 0.151. The summed E-state index contributed by atoms with van der Waals surface area (Å²) in [5.41, 5.74) is 0. The van der Waals surface area contributed by atoms with E-state index in [2.05, 4.69) is 28.5 Å². The number of likely N-dealkylation sites (N-methyl/N-ethyl adjacent to an activating group) is 1. The van der Waals surface area contributed by atoms with Crippen LogP contribution in [0.2, 0.25) is 0 Å². The first-order valence-corrected chi connectivity index (χ1v) is 10.6. The van der Waals surface area contributed by atoms with Gasteiger partial charge in [-0.15, -0.1) is 0 Å². The number of likely N-dealkylation sites (tertiary alicyclic amines) is 1. The van der Waals surface area contributed by atoms with E-state index in [0.29, 0.717) is 31.0 Å². The van der Waals surface area contributed by atoms with E-state index < -0.39 is 0 Å². The fourth-order valence-corrected chi connectivity index (χ4v) is 4.76. The predicted octanol–water partition coefficient (Wildman–Crippen LogP) is 1.06. The van der Waals surface area contributed by atoms with Crippen molar-refractivity contribution in [3.05, 3.63) is 0 Å². The van der Waals surface area contributed by atoms with Crippen molar-refractivity contribution in [2.75, 3.05) is 60.0 Å². The monoisotopic (exact) mass is 396 g/mol. The minimum atomic E-state index is -0.236. The van der Waals surface area contributed by atoms with Gasteiger partial charge in [0, 0.05) is 45.3 Å². The van der Waals surface area contributed by atoms with Gasteiger partial charge in [0.1, 0.15) is 0 Å². The van der Waals surface area contributed by atoms with Gasteiger partial charge in [0.15, 0.2) is 6.23 Å². The highest BCUT2D eigenvalue weighted by Gasteiger charge is 2.40. The predicted molar refractivity (Wildman–Crippen MR) is 106 cm³/mol. The largest absolute Gasteiger partial charge is 0.469 e. The highest BCUT2D eigenvalue weighted by molar-refractivity contribution is 5.69. The van der Waals surface area contributed by atoms with E-state index in [4.69, 9.17) is 9.47 Å². The second-order valence-electron chi connectivity index (χ2n) is 8.61. The van der Waals surface area contributed by atoms with Crippen LogP contribution in [-0.4, -0.2) is 110 Å². The maximum absolute atomic E-state index is 11.8. The number of methoxy groups -OCH3 is 1. The normalized spacial score (nSPS) is 28.8. The Morgan fingerprint density at radius 2 is 1.89 bits per heavy atom. The van der Waals surface area contributed by atoms with Gasteiger partial charge >= 0.3 is 12.1 Å². The Morgan fingerprint density at radius 1 is 1.18 bits per heavy atom. The zero-order valence-electron chi connectivity index (χ0n) is 17.8. The SMILES string of the molecule is COC(=O)CCN1CCN(C2CN(C)C(=O)O2)CC1C1CCN(C(C)C)CC1. The molecule has 2 atom stereocenters. The van der Waals surface area contributed by atoms with E-state index in [1.54, 1.807) is 11.9 Å². The third-order valence-corrected chi connectivity index (χ3v) is 6.63. The Morgan fingerprint density at radius 3 is 2.46 bits per heavy atom. The summed E-state index contributed by atoms with van der Waals surface area (Å²) >= 11 is 0. The van der Waals surface area contributed by atoms with E-state index in [0.717, 1.165) is 39.3 Å². The molecule has 3 aliphatic rings. The molecule has 2 unspecified atom stereocenters. The van der Waals surface area contributed by atoms with Crippen molar-refractivity contribution < 1.29 is 19.1 Å². The number of amides is 1. The summed E-state index contributed by atoms with van der Waals surface area (Å²) in [6.45, 7) is 10.8. The molecule has 8 nitrogen and oxygen atoms in total. The van der Waals surface area contributed by atoms with Gasteiger partial charge in [-0.3, -0.25) is 14.6 Å². The molecule has 3 fully saturated rings. The molecule has 0 bridgehead atoms. The van der Waals surface area contributed by atoms with Crippen molar-refractivity contribution in [1.82, 2.24) is 19.6 Å². The van der Waals surface area contributed by atoms with Gasteiger partial charge in [-0.05, 0) is 45.7 Å². The number of esters is 1. The molecule has 0 saturated carbocycles. The van der Waals surface area contributed by atoms with Gasteiger partial charge in [0.2, 0.25) is 0 Å². The summed E-state index contributed by atoms with van der Waals surface area (Å²) in [7, 11) is 3.23. The lowest BCUT2D eigenvalue weighted by molar-refractivity contribution is -0.141. The molecule has 3 rings (SSSR count). The number of carbonyl (C=O) groups excluding carboxylic acids is 2. The summed E-state index contributed by atoms with van der Waals surface area (Å²) in [5, 5.41) is 0. The summed E-state index contributed by atoms with van der Waals surface area (Å²) in [5.74, 6) is 0.451. The first kappa shape index (κ1) is 21.3. The lowest BCUT2D eigenvalue weighted by Crippen LogP contribution is -2.60. The smallest absolute Gasteiger partial charge is 0.411 e. The number of nitrogens with zero attached hydrogens (tertiary/aromatic N) is 4. The average Bonchev–Trinajstić information content (AvgIpc) is 3.04. The Hall–Kier alpha value is -1.38. The number of rotatable bonds is 6. The molecule has 160 valence electrons. The molecule has 0 aromatic heterocycles. The molecule has 28 heavy (non-hydrogen) atoms. The Labute approximate surface area is 168 Å². The van der Waals surface area contributed by atoms with Crippen molar-refractivity contribution in [3.8, 4) is 0 Å². The van der Waals surface area contributed by atoms with E-state index in [9.17, 15) is 9.59 Å². The van der Waals surface area contributed by atoms with E-state index >= 15 is 0 Å². The van der Waals surface area contributed by atoms with E-state index in [1.807, 2.05) is 0 Å². The lowest BCUT2D eigenvalue weighted by atomic mass is 9.86. The number of carbonyl (C=O) groups is 2. The molecule has 1 amide bonds. The quantitative estimate of drug-likeness (QED) is 0.622. The van der Waals surface area contributed by atoms with Crippen LogP contribution in [0.5, 0.6) is 0 Å². The molecule has 0 radical (unpaired) electrons. The number of piperidine rings is 1. The zero-order chi connectivity index (χ0) is 20.3. The average molecular weight is 397 g/mol. The van der Waals surface area contributed by atoms with Crippen LogP contribution < -0.4 is 0 Å². The van der Waals surface area contributed by atoms with Crippen molar-refractivity contribution in [3.63, 3.8) is 0 Å². The van der Waals surface area contributed by atoms with Gasteiger partial charge in [-0.2, -0.15) is 0 Å². The number of hydrogen-bond donors (Lipinski definition) is 0. The number of cyclic esters (lactones) is 1. The third kappa shape index (κ3) is 4.96. The van der Waals surface area contributed by atoms with Crippen LogP contribution >= 0.6 is 0 Å². The summed E-state index contributed by atoms with van der Waals surface area (Å²) < 4.78 is 10.4. The highest BCUT2D eigenvalue weighted by Crippen LogP contribution is 2.29. The second kappa shape index (κ2) is 9.41. The van der Waals surface area contributed by atoms with Crippen molar-refractivity contribution in [2.45, 2.75) is 51.4 Å². The first-order valence-electron chi connectivity index (χ1n) is 10.6. The highest BCUT2D eigenvalue weighted by atomic mass is 16.6. The Balaban J connectivity index is 1.64. The molecule has 3 aliphatic heterocycles. The third-order valence-electron chi connectivity index (χ3n) is 6.63. The fourth-order valence-electron chi connectivity index (χ4n) is 4.76. The van der Waals surface area contributed by atoms with Crippen LogP contribution in [-0.2, 0) is 14.3 Å². The molecule has 0 N–H and O–H groups in total. The molecule has 0 aromatic rings. The van der Waals surface area contributed by atoms with Crippen molar-refractivity contribution in [2.24, 2.45) is 5.92 Å². The van der Waals surface area contributed by atoms with Crippen LogP contribution in [0.25, 0.3) is 0 Å². The summed E-state index contributed by atoms with van der Waals surface area (Å²) in [4.78, 5) is 32.4. The standard InChI is InChI=1S/C20H36N4O4/c1-15(2)22-8-5-16(6-9-22)17-13-24(18-14-21(3)20(26)28-18)12-11-23(17)10-7-19(25)27-4/h15-18H,5-14H2,1-4H3. The van der Waals surface area contributed by atoms with Crippen molar-refractivity contribution in [1.29, 1.82) is 0 Å². The van der Waals surface area contributed by atoms with Gasteiger partial charge < -0.3 is 19.3 Å². The van der Waals surface area contributed by atoms with Crippen molar-refractivity contribution >= 4 is 12.1 Å². The van der Waals surface area contributed by atoms with Gasteiger partial charge in [0.05, 0.1) is 20.1 Å². The lowest BCUT2D eigenvalue weighted by Gasteiger charge is -2.48. The van der Waals surface area contributed by atoms with Crippen LogP contribution in [0.1, 0.15) is 33.1 Å². The minimum Gasteiger partial charge on any atom is -0.469 e. The van der Waals surface area contributed by atoms with Gasteiger partial charge in [-0.25, -0.2) is 4.79 Å². The maximum Gasteiger partial charge on any atom is 0.411 e.